The Morgan fingerprint density at radius 3 is 2.12 bits per heavy atom. The molecular weight excluding hydrogens is 440 g/mol. The predicted octanol–water partition coefficient (Wildman–Crippen LogP) is 3.84. The Bertz CT molecular complexity index is 1100. The Morgan fingerprint density at radius 2 is 1.44 bits per heavy atom. The van der Waals surface area contributed by atoms with Gasteiger partial charge in [-0.3, -0.25) is 9.59 Å². The van der Waals surface area contributed by atoms with Crippen molar-refractivity contribution >= 4 is 17.7 Å². The fourth-order valence-electron chi connectivity index (χ4n) is 2.97. The number of Topliss-reactive ketones (excluding diaryl/α,β-unsaturated/α-hetero) is 1. The van der Waals surface area contributed by atoms with E-state index in [1.807, 2.05) is 6.07 Å². The molecule has 0 amide bonds. The molecule has 3 aromatic rings. The Kier molecular flexibility index (Phi) is 8.90. The zero-order valence-electron chi connectivity index (χ0n) is 18.5. The second kappa shape index (κ2) is 12.3. The number of hydrogen-bond acceptors (Lipinski definition) is 8. The first-order valence-electron chi connectivity index (χ1n) is 10.5. The van der Waals surface area contributed by atoms with E-state index in [-0.39, 0.29) is 18.8 Å². The van der Waals surface area contributed by atoms with E-state index in [0.717, 1.165) is 6.92 Å². The Morgan fingerprint density at radius 1 is 0.824 bits per heavy atom. The maximum atomic E-state index is 12.5. The van der Waals surface area contributed by atoms with Crippen molar-refractivity contribution in [1.29, 1.82) is 0 Å². The van der Waals surface area contributed by atoms with Crippen LogP contribution in [0.2, 0.25) is 0 Å². The molecule has 8 nitrogen and oxygen atoms in total. The molecule has 0 aliphatic heterocycles. The van der Waals surface area contributed by atoms with Gasteiger partial charge < -0.3 is 24.1 Å². The van der Waals surface area contributed by atoms with E-state index in [9.17, 15) is 19.5 Å². The molecule has 0 heterocycles. The number of ketones is 1. The van der Waals surface area contributed by atoms with Gasteiger partial charge in [-0.2, -0.15) is 0 Å². The minimum atomic E-state index is -1.60. The molecule has 0 aromatic heterocycles. The van der Waals surface area contributed by atoms with Crippen LogP contribution in [0.1, 0.15) is 28.9 Å². The van der Waals surface area contributed by atoms with Crippen molar-refractivity contribution in [1.82, 2.24) is 0 Å². The van der Waals surface area contributed by atoms with Crippen molar-refractivity contribution in [2.24, 2.45) is 0 Å². The second-order valence-corrected chi connectivity index (χ2v) is 7.07. The number of esters is 2. The Labute approximate surface area is 196 Å². The number of para-hydroxylation sites is 2. The third kappa shape index (κ3) is 6.99. The van der Waals surface area contributed by atoms with Crippen molar-refractivity contribution in [2.75, 3.05) is 13.2 Å². The standard InChI is InChI=1S/C26H24O8/c1-18(27)33-26(23(28)19-10-4-2-5-11-19)32-17-16-31-25(30)24(29)21-14-8-9-15-22(21)34-20-12-6-3-7-13-20/h2-15,24,26,29H,16-17H2,1H3. The van der Waals surface area contributed by atoms with Gasteiger partial charge in [0.15, 0.2) is 6.10 Å². The maximum absolute atomic E-state index is 12.5. The topological polar surface area (TPSA) is 108 Å². The zero-order valence-corrected chi connectivity index (χ0v) is 18.5. The summed E-state index contributed by atoms with van der Waals surface area (Å²) < 4.78 is 21.1. The number of ether oxygens (including phenoxy) is 4. The van der Waals surface area contributed by atoms with Crippen LogP contribution >= 0.6 is 0 Å². The molecule has 0 aliphatic rings. The van der Waals surface area contributed by atoms with Crippen LogP contribution in [-0.4, -0.2) is 42.3 Å². The lowest BCUT2D eigenvalue weighted by Crippen LogP contribution is -2.31. The fourth-order valence-corrected chi connectivity index (χ4v) is 2.97. The normalized spacial score (nSPS) is 12.3. The van der Waals surface area contributed by atoms with E-state index < -0.39 is 30.1 Å². The molecule has 0 fully saturated rings. The summed E-state index contributed by atoms with van der Waals surface area (Å²) in [5.41, 5.74) is 0.533. The number of benzene rings is 3. The summed E-state index contributed by atoms with van der Waals surface area (Å²) in [6.45, 7) is 0.633. The first-order valence-corrected chi connectivity index (χ1v) is 10.5. The third-order valence-corrected chi connectivity index (χ3v) is 4.55. The van der Waals surface area contributed by atoms with Crippen LogP contribution in [0.25, 0.3) is 0 Å². The van der Waals surface area contributed by atoms with Crippen LogP contribution in [0.3, 0.4) is 0 Å². The molecule has 3 aromatic carbocycles. The summed E-state index contributed by atoms with van der Waals surface area (Å²) in [4.78, 5) is 36.3. The fraction of sp³-hybridized carbons (Fsp3) is 0.192. The van der Waals surface area contributed by atoms with Gasteiger partial charge in [-0.15, -0.1) is 0 Å². The maximum Gasteiger partial charge on any atom is 0.339 e. The molecule has 0 saturated carbocycles. The largest absolute Gasteiger partial charge is 0.461 e. The van der Waals surface area contributed by atoms with Crippen molar-refractivity contribution in [3.8, 4) is 11.5 Å². The molecule has 2 atom stereocenters. The summed E-state index contributed by atoms with van der Waals surface area (Å²) >= 11 is 0. The number of hydrogen-bond donors (Lipinski definition) is 1. The van der Waals surface area contributed by atoms with Crippen molar-refractivity contribution in [3.05, 3.63) is 96.1 Å². The van der Waals surface area contributed by atoms with Gasteiger partial charge in [0.25, 0.3) is 6.29 Å². The Hall–Kier alpha value is -4.01. The molecule has 0 saturated heterocycles. The molecule has 1 N–H and O–H groups in total. The number of aliphatic hydroxyl groups is 1. The van der Waals surface area contributed by atoms with Crippen LogP contribution in [0.4, 0.5) is 0 Å². The number of rotatable bonds is 11. The number of carbonyl (C=O) groups is 3. The van der Waals surface area contributed by atoms with Gasteiger partial charge in [-0.05, 0) is 18.2 Å². The number of carbonyl (C=O) groups excluding carboxylic acids is 3. The highest BCUT2D eigenvalue weighted by Crippen LogP contribution is 2.30. The highest BCUT2D eigenvalue weighted by molar-refractivity contribution is 5.99. The van der Waals surface area contributed by atoms with Gasteiger partial charge in [0.1, 0.15) is 18.1 Å². The molecule has 8 heteroatoms. The molecule has 34 heavy (non-hydrogen) atoms. The highest BCUT2D eigenvalue weighted by Gasteiger charge is 2.25. The molecule has 0 radical (unpaired) electrons. The van der Waals surface area contributed by atoms with Crippen LogP contribution in [0.5, 0.6) is 11.5 Å². The summed E-state index contributed by atoms with van der Waals surface area (Å²) in [5.74, 6) is -1.32. The van der Waals surface area contributed by atoms with Crippen LogP contribution in [-0.2, 0) is 23.8 Å². The summed E-state index contributed by atoms with van der Waals surface area (Å²) in [6.07, 6.45) is -3.08. The highest BCUT2D eigenvalue weighted by atomic mass is 16.7. The van der Waals surface area contributed by atoms with Crippen LogP contribution < -0.4 is 4.74 Å². The average molecular weight is 464 g/mol. The first-order chi connectivity index (χ1) is 16.5. The smallest absolute Gasteiger partial charge is 0.339 e. The van der Waals surface area contributed by atoms with E-state index in [2.05, 4.69) is 0 Å². The van der Waals surface area contributed by atoms with Crippen molar-refractivity contribution < 1.29 is 38.4 Å². The summed E-state index contributed by atoms with van der Waals surface area (Å²) in [6, 6.07) is 23.7. The molecule has 0 bridgehead atoms. The first kappa shape index (κ1) is 24.6. The second-order valence-electron chi connectivity index (χ2n) is 7.07. The third-order valence-electron chi connectivity index (χ3n) is 4.55. The molecular formula is C26H24O8. The van der Waals surface area contributed by atoms with Gasteiger partial charge in [-0.25, -0.2) is 4.79 Å². The molecule has 3 rings (SSSR count). The summed E-state index contributed by atoms with van der Waals surface area (Å²) in [7, 11) is 0. The SMILES string of the molecule is CC(=O)OC(OCCOC(=O)C(O)c1ccccc1Oc1ccccc1)C(=O)c1ccccc1. The molecule has 176 valence electrons. The van der Waals surface area contributed by atoms with E-state index in [0.29, 0.717) is 17.1 Å². The minimum absolute atomic E-state index is 0.231. The van der Waals surface area contributed by atoms with Crippen LogP contribution in [0.15, 0.2) is 84.9 Å². The predicted molar refractivity (Wildman–Crippen MR) is 121 cm³/mol. The Balaban J connectivity index is 1.56. The molecule has 0 spiro atoms. The van der Waals surface area contributed by atoms with E-state index in [4.69, 9.17) is 18.9 Å². The quantitative estimate of drug-likeness (QED) is 0.197. The van der Waals surface area contributed by atoms with E-state index in [1.54, 1.807) is 78.9 Å². The average Bonchev–Trinajstić information content (AvgIpc) is 2.86. The lowest BCUT2D eigenvalue weighted by atomic mass is 10.1. The van der Waals surface area contributed by atoms with Gasteiger partial charge in [0.05, 0.1) is 6.61 Å². The van der Waals surface area contributed by atoms with Crippen molar-refractivity contribution in [2.45, 2.75) is 19.3 Å². The van der Waals surface area contributed by atoms with Gasteiger partial charge in [-0.1, -0.05) is 66.7 Å². The monoisotopic (exact) mass is 464 g/mol. The lowest BCUT2D eigenvalue weighted by molar-refractivity contribution is -0.172. The lowest BCUT2D eigenvalue weighted by Gasteiger charge is -2.18. The van der Waals surface area contributed by atoms with E-state index >= 15 is 0 Å². The van der Waals surface area contributed by atoms with E-state index in [1.165, 1.54) is 0 Å². The minimum Gasteiger partial charge on any atom is -0.461 e. The molecule has 0 aliphatic carbocycles. The van der Waals surface area contributed by atoms with Crippen molar-refractivity contribution in [3.63, 3.8) is 0 Å². The van der Waals surface area contributed by atoms with Gasteiger partial charge in [0.2, 0.25) is 5.78 Å². The molecule has 2 unspecified atom stereocenters. The van der Waals surface area contributed by atoms with Crippen LogP contribution in [0, 0.1) is 0 Å². The van der Waals surface area contributed by atoms with Gasteiger partial charge in [0, 0.05) is 18.1 Å². The summed E-state index contributed by atoms with van der Waals surface area (Å²) in [5, 5.41) is 10.5. The number of aliphatic hydroxyl groups excluding tert-OH is 1. The van der Waals surface area contributed by atoms with Gasteiger partial charge >= 0.3 is 11.9 Å². The zero-order chi connectivity index (χ0) is 24.3.